The van der Waals surface area contributed by atoms with Crippen LogP contribution in [0.5, 0.6) is 5.75 Å². The average Bonchev–Trinajstić information content (AvgIpc) is 2.61. The summed E-state index contributed by atoms with van der Waals surface area (Å²) in [5, 5.41) is 3.06. The van der Waals surface area contributed by atoms with E-state index in [1.807, 2.05) is 24.3 Å². The molecule has 2 aromatic rings. The SMILES string of the molecule is CCC1(CC)CC(NC(=O)c2cccc(F)c2)c2ccccc2O1. The van der Waals surface area contributed by atoms with Crippen LogP contribution in [0.15, 0.2) is 48.5 Å². The normalized spacial score (nSPS) is 18.4. The summed E-state index contributed by atoms with van der Waals surface area (Å²) in [7, 11) is 0. The van der Waals surface area contributed by atoms with Gasteiger partial charge >= 0.3 is 0 Å². The van der Waals surface area contributed by atoms with Crippen LogP contribution in [0, 0.1) is 5.82 Å². The van der Waals surface area contributed by atoms with Gasteiger partial charge in [-0.1, -0.05) is 38.1 Å². The van der Waals surface area contributed by atoms with Gasteiger partial charge in [-0.3, -0.25) is 4.79 Å². The molecule has 24 heavy (non-hydrogen) atoms. The van der Waals surface area contributed by atoms with Gasteiger partial charge in [0.15, 0.2) is 0 Å². The minimum absolute atomic E-state index is 0.148. The zero-order chi connectivity index (χ0) is 17.2. The first-order valence-corrected chi connectivity index (χ1v) is 8.41. The first kappa shape index (κ1) is 16.5. The molecule has 1 aliphatic heterocycles. The Labute approximate surface area is 141 Å². The lowest BCUT2D eigenvalue weighted by molar-refractivity contribution is 0.0227. The van der Waals surface area contributed by atoms with Crippen LogP contribution in [-0.4, -0.2) is 11.5 Å². The fraction of sp³-hybridized carbons (Fsp3) is 0.350. The van der Waals surface area contributed by atoms with E-state index in [0.29, 0.717) is 12.0 Å². The maximum atomic E-state index is 13.4. The highest BCUT2D eigenvalue weighted by Gasteiger charge is 2.38. The third kappa shape index (κ3) is 3.14. The van der Waals surface area contributed by atoms with Crippen molar-refractivity contribution in [2.75, 3.05) is 0 Å². The van der Waals surface area contributed by atoms with Gasteiger partial charge < -0.3 is 10.1 Å². The first-order valence-electron chi connectivity index (χ1n) is 8.41. The highest BCUT2D eigenvalue weighted by Crippen LogP contribution is 2.42. The van der Waals surface area contributed by atoms with Crippen LogP contribution in [0.2, 0.25) is 0 Å². The molecular formula is C20H22FNO2. The van der Waals surface area contributed by atoms with E-state index in [1.165, 1.54) is 12.1 Å². The van der Waals surface area contributed by atoms with Crippen LogP contribution < -0.4 is 10.1 Å². The lowest BCUT2D eigenvalue weighted by atomic mass is 9.83. The predicted octanol–water partition coefficient (Wildman–Crippen LogP) is 4.64. The Hall–Kier alpha value is -2.36. The summed E-state index contributed by atoms with van der Waals surface area (Å²) in [6.07, 6.45) is 2.44. The molecule has 0 saturated heterocycles. The number of nitrogens with one attached hydrogen (secondary N) is 1. The lowest BCUT2D eigenvalue weighted by Crippen LogP contribution is -2.44. The van der Waals surface area contributed by atoms with Crippen molar-refractivity contribution >= 4 is 5.91 Å². The van der Waals surface area contributed by atoms with E-state index < -0.39 is 5.82 Å². The van der Waals surface area contributed by atoms with Crippen LogP contribution in [0.4, 0.5) is 4.39 Å². The van der Waals surface area contributed by atoms with E-state index in [1.54, 1.807) is 12.1 Å². The molecule has 2 aromatic carbocycles. The van der Waals surface area contributed by atoms with Gasteiger partial charge in [0.2, 0.25) is 0 Å². The van der Waals surface area contributed by atoms with Gasteiger partial charge in [-0.05, 0) is 37.1 Å². The number of benzene rings is 2. The Morgan fingerprint density at radius 2 is 1.96 bits per heavy atom. The van der Waals surface area contributed by atoms with E-state index in [-0.39, 0.29) is 17.6 Å². The van der Waals surface area contributed by atoms with Crippen molar-refractivity contribution in [1.29, 1.82) is 0 Å². The van der Waals surface area contributed by atoms with E-state index in [2.05, 4.69) is 19.2 Å². The third-order valence-electron chi connectivity index (χ3n) is 4.88. The van der Waals surface area contributed by atoms with Gasteiger partial charge in [-0.15, -0.1) is 0 Å². The van der Waals surface area contributed by atoms with Crippen LogP contribution in [-0.2, 0) is 0 Å². The zero-order valence-electron chi connectivity index (χ0n) is 14.0. The molecule has 3 nitrogen and oxygen atoms in total. The topological polar surface area (TPSA) is 38.3 Å². The number of carbonyl (C=O) groups excluding carboxylic acids is 1. The second-order valence-electron chi connectivity index (χ2n) is 6.27. The second kappa shape index (κ2) is 6.63. The summed E-state index contributed by atoms with van der Waals surface area (Å²) in [6, 6.07) is 13.4. The number of ether oxygens (including phenoxy) is 1. The Bertz CT molecular complexity index is 740. The summed E-state index contributed by atoms with van der Waals surface area (Å²) in [5.74, 6) is 0.140. The summed E-state index contributed by atoms with van der Waals surface area (Å²) >= 11 is 0. The van der Waals surface area contributed by atoms with Crippen LogP contribution in [0.25, 0.3) is 0 Å². The molecule has 0 aliphatic carbocycles. The van der Waals surface area contributed by atoms with E-state index >= 15 is 0 Å². The van der Waals surface area contributed by atoms with Gasteiger partial charge in [-0.25, -0.2) is 4.39 Å². The number of fused-ring (bicyclic) bond motifs is 1. The molecule has 3 rings (SSSR count). The minimum atomic E-state index is -0.411. The van der Waals surface area contributed by atoms with Gasteiger partial charge in [0.05, 0.1) is 6.04 Å². The van der Waals surface area contributed by atoms with Crippen LogP contribution in [0.1, 0.15) is 55.1 Å². The van der Waals surface area contributed by atoms with E-state index in [9.17, 15) is 9.18 Å². The fourth-order valence-electron chi connectivity index (χ4n) is 3.30. The predicted molar refractivity (Wildman–Crippen MR) is 91.6 cm³/mol. The molecule has 0 aromatic heterocycles. The average molecular weight is 327 g/mol. The summed E-state index contributed by atoms with van der Waals surface area (Å²) in [5.41, 5.74) is 1.02. The van der Waals surface area contributed by atoms with Gasteiger partial charge in [0.1, 0.15) is 17.2 Å². The Balaban J connectivity index is 1.90. The molecule has 4 heteroatoms. The molecule has 1 amide bonds. The molecule has 0 saturated carbocycles. The zero-order valence-corrected chi connectivity index (χ0v) is 14.0. The third-order valence-corrected chi connectivity index (χ3v) is 4.88. The first-order chi connectivity index (χ1) is 11.6. The minimum Gasteiger partial charge on any atom is -0.487 e. The molecule has 1 atom stereocenters. The van der Waals surface area contributed by atoms with Crippen molar-refractivity contribution in [3.63, 3.8) is 0 Å². The number of hydrogen-bond donors (Lipinski definition) is 1. The number of rotatable bonds is 4. The van der Waals surface area contributed by atoms with Gasteiger partial charge in [0, 0.05) is 17.5 Å². The molecule has 0 fully saturated rings. The molecule has 0 bridgehead atoms. The Kier molecular flexibility index (Phi) is 4.56. The fourth-order valence-corrected chi connectivity index (χ4v) is 3.30. The van der Waals surface area contributed by atoms with Crippen molar-refractivity contribution in [2.45, 2.75) is 44.8 Å². The van der Waals surface area contributed by atoms with Crippen molar-refractivity contribution in [1.82, 2.24) is 5.32 Å². The smallest absolute Gasteiger partial charge is 0.251 e. The molecular weight excluding hydrogens is 305 g/mol. The van der Waals surface area contributed by atoms with Crippen molar-refractivity contribution in [2.24, 2.45) is 0 Å². The summed E-state index contributed by atoms with van der Waals surface area (Å²) < 4.78 is 19.6. The number of hydrogen-bond acceptors (Lipinski definition) is 2. The van der Waals surface area contributed by atoms with Crippen molar-refractivity contribution < 1.29 is 13.9 Å². The van der Waals surface area contributed by atoms with Gasteiger partial charge in [0.25, 0.3) is 5.91 Å². The van der Waals surface area contributed by atoms with Gasteiger partial charge in [-0.2, -0.15) is 0 Å². The monoisotopic (exact) mass is 327 g/mol. The quantitative estimate of drug-likeness (QED) is 0.888. The molecule has 126 valence electrons. The lowest BCUT2D eigenvalue weighted by Gasteiger charge is -2.41. The Morgan fingerprint density at radius 1 is 1.21 bits per heavy atom. The van der Waals surface area contributed by atoms with Crippen molar-refractivity contribution in [3.8, 4) is 5.75 Å². The molecule has 1 heterocycles. The van der Waals surface area contributed by atoms with E-state index in [0.717, 1.165) is 24.2 Å². The highest BCUT2D eigenvalue weighted by molar-refractivity contribution is 5.94. The number of halogens is 1. The number of para-hydroxylation sites is 1. The standard InChI is InChI=1S/C20H22FNO2/c1-3-20(4-2)13-17(16-10-5-6-11-18(16)24-20)22-19(23)14-8-7-9-15(21)12-14/h5-12,17H,3-4,13H2,1-2H3,(H,22,23). The summed E-state index contributed by atoms with van der Waals surface area (Å²) in [6.45, 7) is 4.20. The molecule has 0 spiro atoms. The molecule has 1 aliphatic rings. The maximum Gasteiger partial charge on any atom is 0.251 e. The molecule has 0 radical (unpaired) electrons. The number of carbonyl (C=O) groups is 1. The van der Waals surface area contributed by atoms with Crippen molar-refractivity contribution in [3.05, 3.63) is 65.5 Å². The van der Waals surface area contributed by atoms with Crippen LogP contribution in [0.3, 0.4) is 0 Å². The molecule has 1 unspecified atom stereocenters. The second-order valence-corrected chi connectivity index (χ2v) is 6.27. The maximum absolute atomic E-state index is 13.4. The number of amides is 1. The Morgan fingerprint density at radius 3 is 2.67 bits per heavy atom. The summed E-state index contributed by atoms with van der Waals surface area (Å²) in [4.78, 5) is 12.5. The molecule has 1 N–H and O–H groups in total. The largest absolute Gasteiger partial charge is 0.487 e. The van der Waals surface area contributed by atoms with E-state index in [4.69, 9.17) is 4.74 Å². The highest BCUT2D eigenvalue weighted by atomic mass is 19.1. The van der Waals surface area contributed by atoms with Crippen LogP contribution >= 0.6 is 0 Å².